The Morgan fingerprint density at radius 3 is 2.73 bits per heavy atom. The molecule has 4 nitrogen and oxygen atoms in total. The lowest BCUT2D eigenvalue weighted by Gasteiger charge is -2.24. The van der Waals surface area contributed by atoms with Crippen molar-refractivity contribution in [2.45, 2.75) is 39.3 Å². The number of rotatable bonds is 5. The molecule has 0 radical (unpaired) electrons. The van der Waals surface area contributed by atoms with Gasteiger partial charge in [0.1, 0.15) is 6.17 Å². The second kappa shape index (κ2) is 7.78. The molecule has 1 saturated heterocycles. The Labute approximate surface area is 132 Å². The number of carbonyl (C=O) groups excluding carboxylic acids is 2. The van der Waals surface area contributed by atoms with Crippen molar-refractivity contribution in [3.05, 3.63) is 42.0 Å². The Balaban J connectivity index is 1.93. The first-order valence-corrected chi connectivity index (χ1v) is 7.89. The fourth-order valence-corrected chi connectivity index (χ4v) is 2.62. The Morgan fingerprint density at radius 2 is 2.05 bits per heavy atom. The molecule has 0 aliphatic carbocycles. The molecule has 1 aromatic carbocycles. The normalized spacial score (nSPS) is 18.1. The van der Waals surface area contributed by atoms with E-state index in [1.807, 2.05) is 50.3 Å². The summed E-state index contributed by atoms with van der Waals surface area (Å²) in [6.45, 7) is 4.73. The molecule has 1 aliphatic rings. The van der Waals surface area contributed by atoms with Gasteiger partial charge in [-0.2, -0.15) is 0 Å². The van der Waals surface area contributed by atoms with Crippen LogP contribution in [-0.2, 0) is 9.59 Å². The molecule has 1 heterocycles. The van der Waals surface area contributed by atoms with Gasteiger partial charge in [0, 0.05) is 19.0 Å². The van der Waals surface area contributed by atoms with Gasteiger partial charge in [-0.15, -0.1) is 0 Å². The average Bonchev–Trinajstić information content (AvgIpc) is 2.93. The summed E-state index contributed by atoms with van der Waals surface area (Å²) in [6, 6.07) is 9.73. The number of nitrogens with zero attached hydrogens (tertiary/aromatic N) is 1. The van der Waals surface area contributed by atoms with E-state index in [0.29, 0.717) is 18.9 Å². The van der Waals surface area contributed by atoms with Crippen molar-refractivity contribution in [2.24, 2.45) is 5.92 Å². The van der Waals surface area contributed by atoms with E-state index in [-0.39, 0.29) is 18.0 Å². The quantitative estimate of drug-likeness (QED) is 0.850. The van der Waals surface area contributed by atoms with E-state index >= 15 is 0 Å². The smallest absolute Gasteiger partial charge is 0.248 e. The van der Waals surface area contributed by atoms with Gasteiger partial charge < -0.3 is 10.2 Å². The van der Waals surface area contributed by atoms with E-state index in [1.54, 1.807) is 11.0 Å². The number of hydrogen-bond donors (Lipinski definition) is 1. The first kappa shape index (κ1) is 16.3. The maximum atomic E-state index is 12.3. The van der Waals surface area contributed by atoms with Gasteiger partial charge in [-0.3, -0.25) is 9.59 Å². The maximum Gasteiger partial charge on any atom is 0.248 e. The highest BCUT2D eigenvalue weighted by Crippen LogP contribution is 2.16. The van der Waals surface area contributed by atoms with E-state index in [0.717, 1.165) is 18.4 Å². The van der Waals surface area contributed by atoms with Crippen LogP contribution in [-0.4, -0.2) is 29.4 Å². The van der Waals surface area contributed by atoms with Crippen LogP contribution in [0.25, 0.3) is 6.08 Å². The summed E-state index contributed by atoms with van der Waals surface area (Å²) in [4.78, 5) is 26.0. The molecule has 0 spiro atoms. The molecule has 1 aromatic rings. The largest absolute Gasteiger partial charge is 0.336 e. The van der Waals surface area contributed by atoms with Crippen LogP contribution in [0.1, 0.15) is 38.7 Å². The summed E-state index contributed by atoms with van der Waals surface area (Å²) < 4.78 is 0. The van der Waals surface area contributed by atoms with Crippen molar-refractivity contribution < 1.29 is 9.59 Å². The van der Waals surface area contributed by atoms with Crippen molar-refractivity contribution >= 4 is 17.9 Å². The third-order valence-corrected chi connectivity index (χ3v) is 3.68. The highest BCUT2D eigenvalue weighted by atomic mass is 16.2. The van der Waals surface area contributed by atoms with Gasteiger partial charge in [0.15, 0.2) is 0 Å². The van der Waals surface area contributed by atoms with Gasteiger partial charge in [-0.05, 0) is 30.4 Å². The molecule has 2 rings (SSSR count). The summed E-state index contributed by atoms with van der Waals surface area (Å²) in [5.74, 6) is 0.298. The van der Waals surface area contributed by atoms with Crippen LogP contribution in [0.15, 0.2) is 36.4 Å². The zero-order valence-electron chi connectivity index (χ0n) is 13.3. The fraction of sp³-hybridized carbons (Fsp3) is 0.444. The topological polar surface area (TPSA) is 49.4 Å². The zero-order valence-corrected chi connectivity index (χ0v) is 13.3. The molecule has 0 bridgehead atoms. The van der Waals surface area contributed by atoms with Crippen LogP contribution in [0.2, 0.25) is 0 Å². The van der Waals surface area contributed by atoms with Crippen LogP contribution in [0.5, 0.6) is 0 Å². The van der Waals surface area contributed by atoms with Crippen molar-refractivity contribution in [2.75, 3.05) is 6.54 Å². The zero-order chi connectivity index (χ0) is 15.9. The van der Waals surface area contributed by atoms with E-state index in [9.17, 15) is 9.59 Å². The summed E-state index contributed by atoms with van der Waals surface area (Å²) in [7, 11) is 0. The molecular weight excluding hydrogens is 276 g/mol. The molecule has 1 atom stereocenters. The predicted molar refractivity (Wildman–Crippen MR) is 87.8 cm³/mol. The van der Waals surface area contributed by atoms with Gasteiger partial charge in [-0.1, -0.05) is 44.2 Å². The average molecular weight is 300 g/mol. The van der Waals surface area contributed by atoms with E-state index in [1.165, 1.54) is 0 Å². The summed E-state index contributed by atoms with van der Waals surface area (Å²) in [5, 5.41) is 2.97. The van der Waals surface area contributed by atoms with Gasteiger partial charge in [0.2, 0.25) is 11.8 Å². The third-order valence-electron chi connectivity index (χ3n) is 3.68. The van der Waals surface area contributed by atoms with Gasteiger partial charge >= 0.3 is 0 Å². The van der Waals surface area contributed by atoms with Crippen LogP contribution >= 0.6 is 0 Å². The summed E-state index contributed by atoms with van der Waals surface area (Å²) in [5.41, 5.74) is 0.996. The number of benzene rings is 1. The van der Waals surface area contributed by atoms with Crippen LogP contribution < -0.4 is 5.32 Å². The minimum absolute atomic E-state index is 0.0201. The SMILES string of the molecule is CC(C)CC(=O)NC1CCCN1C(=O)/C=C/c1ccccc1. The number of carbonyl (C=O) groups is 2. The van der Waals surface area contributed by atoms with Gasteiger partial charge in [0.25, 0.3) is 0 Å². The first-order valence-electron chi connectivity index (χ1n) is 7.89. The number of amides is 2. The van der Waals surface area contributed by atoms with Crippen molar-refractivity contribution in [1.82, 2.24) is 10.2 Å². The second-order valence-corrected chi connectivity index (χ2v) is 6.10. The lowest BCUT2D eigenvalue weighted by molar-refractivity contribution is -0.129. The summed E-state index contributed by atoms with van der Waals surface area (Å²) >= 11 is 0. The molecule has 118 valence electrons. The second-order valence-electron chi connectivity index (χ2n) is 6.10. The molecule has 0 saturated carbocycles. The van der Waals surface area contributed by atoms with E-state index in [2.05, 4.69) is 5.32 Å². The molecule has 1 aliphatic heterocycles. The minimum atomic E-state index is -0.167. The number of nitrogens with one attached hydrogen (secondary N) is 1. The maximum absolute atomic E-state index is 12.3. The standard InChI is InChI=1S/C18H24N2O2/c1-14(2)13-17(21)19-16-9-6-12-20(16)18(22)11-10-15-7-4-3-5-8-15/h3-5,7-8,10-11,14,16H,6,9,12-13H2,1-2H3,(H,19,21)/b11-10+. The predicted octanol–water partition coefficient (Wildman–Crippen LogP) is 2.81. The summed E-state index contributed by atoms with van der Waals surface area (Å²) in [6.07, 6.45) is 5.49. The third kappa shape index (κ3) is 4.72. The van der Waals surface area contributed by atoms with Crippen molar-refractivity contribution in [3.63, 3.8) is 0 Å². The minimum Gasteiger partial charge on any atom is -0.336 e. The van der Waals surface area contributed by atoms with Crippen LogP contribution in [0.4, 0.5) is 0 Å². The van der Waals surface area contributed by atoms with Crippen molar-refractivity contribution in [1.29, 1.82) is 0 Å². The van der Waals surface area contributed by atoms with Gasteiger partial charge in [-0.25, -0.2) is 0 Å². The molecule has 0 aromatic heterocycles. The first-order chi connectivity index (χ1) is 10.6. The number of hydrogen-bond acceptors (Lipinski definition) is 2. The molecule has 22 heavy (non-hydrogen) atoms. The number of likely N-dealkylation sites (tertiary alicyclic amines) is 1. The van der Waals surface area contributed by atoms with Crippen LogP contribution in [0, 0.1) is 5.92 Å². The van der Waals surface area contributed by atoms with Crippen molar-refractivity contribution in [3.8, 4) is 0 Å². The molecule has 1 unspecified atom stereocenters. The Morgan fingerprint density at radius 1 is 1.32 bits per heavy atom. The highest BCUT2D eigenvalue weighted by molar-refractivity contribution is 5.92. The lowest BCUT2D eigenvalue weighted by Crippen LogP contribution is -2.46. The lowest BCUT2D eigenvalue weighted by atomic mass is 10.1. The van der Waals surface area contributed by atoms with E-state index < -0.39 is 0 Å². The molecule has 4 heteroatoms. The molecule has 2 amide bonds. The highest BCUT2D eigenvalue weighted by Gasteiger charge is 2.28. The Hall–Kier alpha value is -2.10. The molecule has 1 N–H and O–H groups in total. The molecule has 1 fully saturated rings. The molecular formula is C18H24N2O2. The Kier molecular flexibility index (Phi) is 5.75. The Bertz CT molecular complexity index is 537. The fourth-order valence-electron chi connectivity index (χ4n) is 2.62. The van der Waals surface area contributed by atoms with E-state index in [4.69, 9.17) is 0 Å². The van der Waals surface area contributed by atoms with Gasteiger partial charge in [0.05, 0.1) is 0 Å². The monoisotopic (exact) mass is 300 g/mol. The van der Waals surface area contributed by atoms with Crippen LogP contribution in [0.3, 0.4) is 0 Å².